The molecule has 2 saturated heterocycles. The molecule has 2 aliphatic heterocycles. The average molecular weight is 388 g/mol. The lowest BCUT2D eigenvalue weighted by Crippen LogP contribution is -2.45. The number of hydrogen-bond donors (Lipinski definition) is 1. The summed E-state index contributed by atoms with van der Waals surface area (Å²) in [5.74, 6) is -0.181. The molecule has 0 radical (unpaired) electrons. The number of ether oxygens (including phenoxy) is 4. The van der Waals surface area contributed by atoms with Gasteiger partial charge in [0.25, 0.3) is 5.91 Å². The predicted octanol–water partition coefficient (Wildman–Crippen LogP) is -0.0328. The molecule has 28 heavy (non-hydrogen) atoms. The predicted molar refractivity (Wildman–Crippen MR) is 93.7 cm³/mol. The van der Waals surface area contributed by atoms with E-state index in [1.54, 1.807) is 16.8 Å². The van der Waals surface area contributed by atoms with Crippen molar-refractivity contribution in [2.24, 2.45) is 0 Å². The van der Waals surface area contributed by atoms with Crippen LogP contribution in [-0.2, 0) is 19.0 Å². The number of nitrogens with one attached hydrogen (secondary N) is 1. The quantitative estimate of drug-likeness (QED) is 0.686. The van der Waals surface area contributed by atoms with Gasteiger partial charge in [-0.25, -0.2) is 9.48 Å². The Morgan fingerprint density at radius 2 is 2.00 bits per heavy atom. The molecule has 2 fully saturated rings. The molecule has 1 aromatic heterocycles. The van der Waals surface area contributed by atoms with Gasteiger partial charge < -0.3 is 24.3 Å². The third kappa shape index (κ3) is 3.69. The molecular weight excluding hydrogens is 368 g/mol. The maximum absolute atomic E-state index is 12.2. The van der Waals surface area contributed by atoms with Gasteiger partial charge in [0, 0.05) is 0 Å². The van der Waals surface area contributed by atoms with Crippen molar-refractivity contribution in [3.05, 3.63) is 42.2 Å². The van der Waals surface area contributed by atoms with Crippen molar-refractivity contribution in [1.82, 2.24) is 20.3 Å². The van der Waals surface area contributed by atoms with Gasteiger partial charge in [0.15, 0.2) is 12.3 Å². The third-order valence-electron chi connectivity index (χ3n) is 4.73. The number of fused-ring (bicyclic) bond motifs is 1. The Morgan fingerprint density at radius 3 is 2.79 bits per heavy atom. The minimum atomic E-state index is -0.558. The van der Waals surface area contributed by atoms with E-state index in [-0.39, 0.29) is 42.5 Å². The number of benzene rings is 1. The lowest BCUT2D eigenvalue weighted by atomic mass is 10.1. The summed E-state index contributed by atoms with van der Waals surface area (Å²) in [4.78, 5) is 23.7. The second-order valence-electron chi connectivity index (χ2n) is 6.51. The summed E-state index contributed by atoms with van der Waals surface area (Å²) in [6.45, 7) is 0.570. The zero-order valence-electron chi connectivity index (χ0n) is 15.2. The number of esters is 1. The molecule has 10 nitrogen and oxygen atoms in total. The van der Waals surface area contributed by atoms with Crippen molar-refractivity contribution in [3.8, 4) is 5.75 Å². The van der Waals surface area contributed by atoms with Crippen LogP contribution < -0.4 is 10.1 Å². The minimum absolute atomic E-state index is 0.0904. The average Bonchev–Trinajstić information content (AvgIpc) is 3.44. The standard InChI is InChI=1S/C18H20N4O6/c1-25-18(24)12-7-22(21-20-12)14-9-28-16-13(8-27-17(14)16)19-15(23)10-26-11-5-3-2-4-6-11/h2-7,13-14,16-17H,8-10H2,1H3,(H,19,23)/t13-,14-,16+,17+/m0/s1. The largest absolute Gasteiger partial charge is 0.484 e. The van der Waals surface area contributed by atoms with Crippen LogP contribution in [0.5, 0.6) is 5.75 Å². The van der Waals surface area contributed by atoms with Gasteiger partial charge >= 0.3 is 5.97 Å². The lowest BCUT2D eigenvalue weighted by molar-refractivity contribution is -0.124. The van der Waals surface area contributed by atoms with Crippen molar-refractivity contribution < 1.29 is 28.5 Å². The molecule has 10 heteroatoms. The molecule has 0 spiro atoms. The van der Waals surface area contributed by atoms with E-state index in [1.807, 2.05) is 18.2 Å². The molecule has 4 atom stereocenters. The maximum Gasteiger partial charge on any atom is 0.360 e. The van der Waals surface area contributed by atoms with Crippen LogP contribution in [-0.4, -0.2) is 72.1 Å². The van der Waals surface area contributed by atoms with Crippen LogP contribution in [0.25, 0.3) is 0 Å². The molecular formula is C18H20N4O6. The fourth-order valence-corrected chi connectivity index (χ4v) is 3.38. The van der Waals surface area contributed by atoms with E-state index in [0.717, 1.165) is 0 Å². The molecule has 2 aliphatic rings. The zero-order chi connectivity index (χ0) is 19.5. The van der Waals surface area contributed by atoms with Gasteiger partial charge in [-0.2, -0.15) is 0 Å². The summed E-state index contributed by atoms with van der Waals surface area (Å²) in [6.07, 6.45) is 0.898. The molecule has 2 aromatic rings. The van der Waals surface area contributed by atoms with Crippen LogP contribution in [0.2, 0.25) is 0 Å². The van der Waals surface area contributed by atoms with Crippen LogP contribution in [0.1, 0.15) is 16.5 Å². The van der Waals surface area contributed by atoms with Gasteiger partial charge in [-0.15, -0.1) is 5.10 Å². The highest BCUT2D eigenvalue weighted by Gasteiger charge is 2.49. The molecule has 1 N–H and O–H groups in total. The topological polar surface area (TPSA) is 114 Å². The Labute approximate surface area is 160 Å². The number of aromatic nitrogens is 3. The molecule has 1 amide bonds. The first kappa shape index (κ1) is 18.4. The van der Waals surface area contributed by atoms with Crippen molar-refractivity contribution in [3.63, 3.8) is 0 Å². The Balaban J connectivity index is 1.33. The monoisotopic (exact) mass is 388 g/mol. The van der Waals surface area contributed by atoms with E-state index >= 15 is 0 Å². The van der Waals surface area contributed by atoms with E-state index in [2.05, 4.69) is 20.4 Å². The summed E-state index contributed by atoms with van der Waals surface area (Å²) < 4.78 is 23.3. The first-order valence-electron chi connectivity index (χ1n) is 8.86. The molecule has 0 unspecified atom stereocenters. The number of amides is 1. The Hall–Kier alpha value is -2.98. The molecule has 0 bridgehead atoms. The molecule has 0 aliphatic carbocycles. The van der Waals surface area contributed by atoms with E-state index in [4.69, 9.17) is 14.2 Å². The highest BCUT2D eigenvalue weighted by Crippen LogP contribution is 2.33. The van der Waals surface area contributed by atoms with Crippen LogP contribution in [0, 0.1) is 0 Å². The van der Waals surface area contributed by atoms with E-state index in [0.29, 0.717) is 19.0 Å². The van der Waals surface area contributed by atoms with Gasteiger partial charge in [0.1, 0.15) is 24.0 Å². The highest BCUT2D eigenvalue weighted by atomic mass is 16.6. The summed E-state index contributed by atoms with van der Waals surface area (Å²) in [7, 11) is 1.28. The smallest absolute Gasteiger partial charge is 0.360 e. The van der Waals surface area contributed by atoms with E-state index in [1.165, 1.54) is 13.3 Å². The zero-order valence-corrected chi connectivity index (χ0v) is 15.2. The number of hydrogen-bond acceptors (Lipinski definition) is 8. The Bertz CT molecular complexity index is 842. The highest BCUT2D eigenvalue weighted by molar-refractivity contribution is 5.86. The summed E-state index contributed by atoms with van der Waals surface area (Å²) in [6, 6.07) is 8.60. The first-order chi connectivity index (χ1) is 13.7. The van der Waals surface area contributed by atoms with Crippen molar-refractivity contribution in [2.45, 2.75) is 24.3 Å². The van der Waals surface area contributed by atoms with Gasteiger partial charge in [-0.05, 0) is 12.1 Å². The first-order valence-corrected chi connectivity index (χ1v) is 8.86. The fourth-order valence-electron chi connectivity index (χ4n) is 3.38. The van der Waals surface area contributed by atoms with Gasteiger partial charge in [0.05, 0.1) is 32.6 Å². The van der Waals surface area contributed by atoms with Crippen LogP contribution in [0.4, 0.5) is 0 Å². The van der Waals surface area contributed by atoms with E-state index in [9.17, 15) is 9.59 Å². The minimum Gasteiger partial charge on any atom is -0.484 e. The van der Waals surface area contributed by atoms with Crippen LogP contribution in [0.3, 0.4) is 0 Å². The number of nitrogens with zero attached hydrogens (tertiary/aromatic N) is 3. The molecule has 4 rings (SSSR count). The van der Waals surface area contributed by atoms with Crippen molar-refractivity contribution in [2.75, 3.05) is 26.9 Å². The molecule has 0 saturated carbocycles. The lowest BCUT2D eigenvalue weighted by Gasteiger charge is -2.18. The van der Waals surface area contributed by atoms with Crippen molar-refractivity contribution in [1.29, 1.82) is 0 Å². The maximum atomic E-state index is 12.2. The molecule has 3 heterocycles. The fraction of sp³-hybridized carbons (Fsp3) is 0.444. The summed E-state index contributed by atoms with van der Waals surface area (Å²) in [5.41, 5.74) is 0.117. The Kier molecular flexibility index (Phi) is 5.22. The van der Waals surface area contributed by atoms with Crippen LogP contribution >= 0.6 is 0 Å². The van der Waals surface area contributed by atoms with E-state index < -0.39 is 5.97 Å². The van der Waals surface area contributed by atoms with Gasteiger partial charge in [-0.1, -0.05) is 23.4 Å². The summed E-state index contributed by atoms with van der Waals surface area (Å²) in [5, 5.41) is 10.7. The molecule has 148 valence electrons. The third-order valence-corrected chi connectivity index (χ3v) is 4.73. The number of para-hydroxylation sites is 1. The van der Waals surface area contributed by atoms with Crippen LogP contribution in [0.15, 0.2) is 36.5 Å². The summed E-state index contributed by atoms with van der Waals surface area (Å²) >= 11 is 0. The number of carbonyl (C=O) groups is 2. The number of rotatable bonds is 6. The second-order valence-corrected chi connectivity index (χ2v) is 6.51. The van der Waals surface area contributed by atoms with Crippen molar-refractivity contribution >= 4 is 11.9 Å². The van der Waals surface area contributed by atoms with Gasteiger partial charge in [0.2, 0.25) is 0 Å². The second kappa shape index (κ2) is 7.95. The Morgan fingerprint density at radius 1 is 1.21 bits per heavy atom. The SMILES string of the molecule is COC(=O)c1cn([C@H]2CO[C@H]3[C@@H]2OC[C@@H]3NC(=O)COc2ccccc2)nn1. The number of carbonyl (C=O) groups excluding carboxylic acids is 2. The van der Waals surface area contributed by atoms with Gasteiger partial charge in [-0.3, -0.25) is 4.79 Å². The number of methoxy groups -OCH3 is 1. The normalized spacial score (nSPS) is 25.9. The molecule has 1 aromatic carbocycles.